The van der Waals surface area contributed by atoms with Gasteiger partial charge in [0.15, 0.2) is 0 Å². The van der Waals surface area contributed by atoms with Crippen LogP contribution in [0.2, 0.25) is 0 Å². The van der Waals surface area contributed by atoms with Crippen molar-refractivity contribution in [2.24, 2.45) is 0 Å². The van der Waals surface area contributed by atoms with Gasteiger partial charge in [0.05, 0.1) is 22.2 Å². The Morgan fingerprint density at radius 1 is 0.692 bits per heavy atom. The Bertz CT molecular complexity index is 1220. The monoisotopic (exact) mass is 348 g/mol. The van der Waals surface area contributed by atoms with Gasteiger partial charge in [0, 0.05) is 12.1 Å². The summed E-state index contributed by atoms with van der Waals surface area (Å²) < 4.78 is 0. The number of rotatable bonds is 2. The van der Waals surface area contributed by atoms with Gasteiger partial charge in [-0.15, -0.1) is 0 Å². The van der Waals surface area contributed by atoms with Gasteiger partial charge in [0.2, 0.25) is 5.78 Å². The first kappa shape index (κ1) is 15.6. The van der Waals surface area contributed by atoms with Gasteiger partial charge in [-0.05, 0) is 47.2 Å². The molecule has 0 aliphatic carbocycles. The number of carbonyl (C=O) groups excluding carboxylic acids is 1. The van der Waals surface area contributed by atoms with Gasteiger partial charge in [0.1, 0.15) is 11.5 Å². The van der Waals surface area contributed by atoms with Crippen molar-refractivity contribution in [3.8, 4) is 11.5 Å². The molecular weight excluding hydrogens is 336 g/mol. The van der Waals surface area contributed by atoms with Crippen molar-refractivity contribution in [3.63, 3.8) is 0 Å². The van der Waals surface area contributed by atoms with Crippen molar-refractivity contribution in [2.75, 3.05) is 0 Å². The summed E-state index contributed by atoms with van der Waals surface area (Å²) >= 11 is 0. The number of H-pyrrole nitrogens is 2. The van der Waals surface area contributed by atoms with Gasteiger partial charge in [-0.3, -0.25) is 14.4 Å². The maximum absolute atomic E-state index is 12.8. The van der Waals surface area contributed by atoms with Crippen LogP contribution in [0.3, 0.4) is 0 Å². The second kappa shape index (κ2) is 5.59. The first-order valence-corrected chi connectivity index (χ1v) is 7.69. The largest absolute Gasteiger partial charge is 0.508 e. The van der Waals surface area contributed by atoms with Crippen molar-refractivity contribution in [1.82, 2.24) is 9.97 Å². The van der Waals surface area contributed by atoms with Crippen LogP contribution in [0.1, 0.15) is 15.9 Å². The first-order chi connectivity index (χ1) is 12.4. The molecule has 2 aromatic heterocycles. The molecule has 0 fully saturated rings. The molecule has 7 nitrogen and oxygen atoms in total. The van der Waals surface area contributed by atoms with Gasteiger partial charge in [-0.25, -0.2) is 0 Å². The Labute approximate surface area is 145 Å². The fourth-order valence-corrected chi connectivity index (χ4v) is 2.86. The highest BCUT2D eigenvalue weighted by atomic mass is 16.3. The van der Waals surface area contributed by atoms with E-state index in [4.69, 9.17) is 0 Å². The number of phenols is 2. The predicted molar refractivity (Wildman–Crippen MR) is 95.9 cm³/mol. The molecule has 4 aromatic rings. The highest BCUT2D eigenvalue weighted by molar-refractivity contribution is 6.11. The number of aromatic amines is 2. The standard InChI is InChI=1S/C19H12N2O5/c22-11-3-1-9-5-13(18(25)20-15(9)7-11)17(24)14-6-10-2-4-12(23)8-16(10)21-19(14)26/h1-8,22-23H,(H,20,25)(H,21,26). The smallest absolute Gasteiger partial charge is 0.259 e. The topological polar surface area (TPSA) is 123 Å². The molecule has 0 aliphatic rings. The van der Waals surface area contributed by atoms with E-state index in [1.807, 2.05) is 0 Å². The normalized spacial score (nSPS) is 11.1. The fourth-order valence-electron chi connectivity index (χ4n) is 2.86. The molecule has 0 aliphatic heterocycles. The van der Waals surface area contributed by atoms with Crippen molar-refractivity contribution >= 4 is 27.6 Å². The lowest BCUT2D eigenvalue weighted by Gasteiger charge is -2.05. The Balaban J connectivity index is 1.90. The molecule has 2 aromatic carbocycles. The SMILES string of the molecule is O=C(c1cc2ccc(O)cc2[nH]c1=O)c1cc2ccc(O)cc2[nH]c1=O. The minimum Gasteiger partial charge on any atom is -0.508 e. The number of phenolic OH excluding ortho intramolecular Hbond substituents is 2. The van der Waals surface area contributed by atoms with Crippen molar-refractivity contribution in [2.45, 2.75) is 0 Å². The summed E-state index contributed by atoms with van der Waals surface area (Å²) in [5, 5.41) is 20.1. The zero-order valence-electron chi connectivity index (χ0n) is 13.2. The lowest BCUT2D eigenvalue weighted by atomic mass is 10.0. The quantitative estimate of drug-likeness (QED) is 0.413. The number of benzene rings is 2. The van der Waals surface area contributed by atoms with Gasteiger partial charge in [0.25, 0.3) is 11.1 Å². The summed E-state index contributed by atoms with van der Waals surface area (Å²) in [7, 11) is 0. The summed E-state index contributed by atoms with van der Waals surface area (Å²) in [4.78, 5) is 42.4. The molecule has 0 amide bonds. The van der Waals surface area contributed by atoms with E-state index in [1.54, 1.807) is 12.1 Å². The molecule has 7 heteroatoms. The van der Waals surface area contributed by atoms with Crippen LogP contribution in [0, 0.1) is 0 Å². The number of ketones is 1. The van der Waals surface area contributed by atoms with Crippen LogP contribution in [0.15, 0.2) is 58.1 Å². The average molecular weight is 348 g/mol. The van der Waals surface area contributed by atoms with E-state index in [1.165, 1.54) is 36.4 Å². The summed E-state index contributed by atoms with van der Waals surface area (Å²) in [6.07, 6.45) is 0. The van der Waals surface area contributed by atoms with Crippen LogP contribution in [-0.2, 0) is 0 Å². The predicted octanol–water partition coefficient (Wildman–Crippen LogP) is 2.01. The van der Waals surface area contributed by atoms with Crippen LogP contribution in [-0.4, -0.2) is 26.0 Å². The lowest BCUT2D eigenvalue weighted by molar-refractivity contribution is 0.103. The molecule has 128 valence electrons. The third-order valence-electron chi connectivity index (χ3n) is 4.15. The lowest BCUT2D eigenvalue weighted by Crippen LogP contribution is -2.24. The number of fused-ring (bicyclic) bond motifs is 2. The van der Waals surface area contributed by atoms with Crippen molar-refractivity contribution in [1.29, 1.82) is 0 Å². The highest BCUT2D eigenvalue weighted by Gasteiger charge is 2.18. The molecule has 0 bridgehead atoms. The second-order valence-corrected chi connectivity index (χ2v) is 5.90. The molecule has 0 saturated carbocycles. The van der Waals surface area contributed by atoms with Gasteiger partial charge in [-0.1, -0.05) is 0 Å². The summed E-state index contributed by atoms with van der Waals surface area (Å²) in [6.45, 7) is 0. The molecule has 0 atom stereocenters. The van der Waals surface area contributed by atoms with Gasteiger partial charge in [-0.2, -0.15) is 0 Å². The maximum Gasteiger partial charge on any atom is 0.259 e. The Morgan fingerprint density at radius 3 is 1.54 bits per heavy atom. The van der Waals surface area contributed by atoms with E-state index >= 15 is 0 Å². The minimum absolute atomic E-state index is 0.0125. The van der Waals surface area contributed by atoms with E-state index in [9.17, 15) is 24.6 Å². The summed E-state index contributed by atoms with van der Waals surface area (Å²) in [6, 6.07) is 11.5. The average Bonchev–Trinajstić information content (AvgIpc) is 2.59. The van der Waals surface area contributed by atoms with Crippen LogP contribution < -0.4 is 11.1 Å². The molecule has 0 unspecified atom stereocenters. The molecule has 4 rings (SSSR count). The molecule has 0 radical (unpaired) electrons. The van der Waals surface area contributed by atoms with Crippen molar-refractivity contribution < 1.29 is 15.0 Å². The van der Waals surface area contributed by atoms with Crippen LogP contribution in [0.4, 0.5) is 0 Å². The summed E-state index contributed by atoms with van der Waals surface area (Å²) in [5.41, 5.74) is -0.890. The number of aromatic nitrogens is 2. The first-order valence-electron chi connectivity index (χ1n) is 7.69. The molecule has 4 N–H and O–H groups in total. The third-order valence-corrected chi connectivity index (χ3v) is 4.15. The zero-order chi connectivity index (χ0) is 18.4. The zero-order valence-corrected chi connectivity index (χ0v) is 13.2. The van der Waals surface area contributed by atoms with Crippen LogP contribution in [0.5, 0.6) is 11.5 Å². The summed E-state index contributed by atoms with van der Waals surface area (Å²) in [5.74, 6) is -0.736. The Morgan fingerprint density at radius 2 is 1.12 bits per heavy atom. The van der Waals surface area contributed by atoms with Gasteiger partial charge >= 0.3 is 0 Å². The second-order valence-electron chi connectivity index (χ2n) is 5.90. The number of pyridine rings is 2. The highest BCUT2D eigenvalue weighted by Crippen LogP contribution is 2.20. The number of aromatic hydroxyl groups is 2. The third kappa shape index (κ3) is 2.51. The molecule has 2 heterocycles. The van der Waals surface area contributed by atoms with E-state index in [0.29, 0.717) is 21.8 Å². The number of nitrogens with one attached hydrogen (secondary N) is 2. The fraction of sp³-hybridized carbons (Fsp3) is 0. The molecular formula is C19H12N2O5. The van der Waals surface area contributed by atoms with E-state index in [2.05, 4.69) is 9.97 Å². The molecule has 26 heavy (non-hydrogen) atoms. The van der Waals surface area contributed by atoms with Crippen LogP contribution in [0.25, 0.3) is 21.8 Å². The molecule has 0 saturated heterocycles. The van der Waals surface area contributed by atoms with E-state index in [-0.39, 0.29) is 22.6 Å². The minimum atomic E-state index is -0.711. The maximum atomic E-state index is 12.8. The number of carbonyl (C=O) groups is 1. The van der Waals surface area contributed by atoms with E-state index < -0.39 is 16.9 Å². The number of hydrogen-bond acceptors (Lipinski definition) is 5. The Hall–Kier alpha value is -3.87. The van der Waals surface area contributed by atoms with E-state index in [0.717, 1.165) is 0 Å². The molecule has 0 spiro atoms. The van der Waals surface area contributed by atoms with Crippen molar-refractivity contribution in [3.05, 3.63) is 80.4 Å². The number of hydrogen-bond donors (Lipinski definition) is 4. The Kier molecular flexibility index (Phi) is 3.37. The van der Waals surface area contributed by atoms with Crippen LogP contribution >= 0.6 is 0 Å². The van der Waals surface area contributed by atoms with Gasteiger partial charge < -0.3 is 20.2 Å².